The molecule has 2 amide bonds. The summed E-state index contributed by atoms with van der Waals surface area (Å²) in [5.41, 5.74) is 4.03. The lowest BCUT2D eigenvalue weighted by Gasteiger charge is -2.34. The van der Waals surface area contributed by atoms with Crippen LogP contribution in [-0.4, -0.2) is 66.1 Å². The lowest BCUT2D eigenvalue weighted by molar-refractivity contribution is 0.0570. The zero-order valence-corrected chi connectivity index (χ0v) is 16.7. The molecule has 0 N–H and O–H groups in total. The highest BCUT2D eigenvalue weighted by atomic mass is 16.6. The molecule has 4 rings (SSSR count). The van der Waals surface area contributed by atoms with Gasteiger partial charge in [0.05, 0.1) is 24.1 Å². The summed E-state index contributed by atoms with van der Waals surface area (Å²) in [6, 6.07) is 10.3. The number of carbonyl (C=O) groups is 2. The molecule has 1 saturated heterocycles. The quantitative estimate of drug-likeness (QED) is 0.800. The molecule has 1 aromatic heterocycles. The van der Waals surface area contributed by atoms with Crippen LogP contribution >= 0.6 is 0 Å². The molecule has 152 valence electrons. The molecule has 0 unspecified atom stereocenters. The Labute approximate surface area is 170 Å². The van der Waals surface area contributed by atoms with Crippen molar-refractivity contribution in [3.63, 3.8) is 0 Å². The average Bonchev–Trinajstić information content (AvgIpc) is 2.78. The number of piperazine rings is 1. The van der Waals surface area contributed by atoms with Crippen LogP contribution in [0.2, 0.25) is 0 Å². The molecule has 1 aromatic carbocycles. The van der Waals surface area contributed by atoms with E-state index in [4.69, 9.17) is 4.74 Å². The Morgan fingerprint density at radius 1 is 1.03 bits per heavy atom. The standard InChI is InChI=1S/C22H26N4O3/c1-2-29-22(28)25-12-10-24(11-13-25)21(27)18-14-19(16-23-15-18)26-9-5-7-17-6-3-4-8-20(17)26/h3-4,6,8,14-16H,2,5,7,9-13H2,1H3. The number of fused-ring (bicyclic) bond motifs is 1. The number of nitrogens with zero attached hydrogens (tertiary/aromatic N) is 4. The smallest absolute Gasteiger partial charge is 0.409 e. The van der Waals surface area contributed by atoms with Gasteiger partial charge in [-0.15, -0.1) is 0 Å². The second-order valence-corrected chi connectivity index (χ2v) is 7.29. The first-order chi connectivity index (χ1) is 14.2. The number of carbonyl (C=O) groups excluding carboxylic acids is 2. The molecule has 0 saturated carbocycles. The van der Waals surface area contributed by atoms with E-state index in [-0.39, 0.29) is 12.0 Å². The van der Waals surface area contributed by atoms with Gasteiger partial charge in [0, 0.05) is 44.6 Å². The predicted octanol–water partition coefficient (Wildman–Crippen LogP) is 3.08. The second kappa shape index (κ2) is 8.51. The van der Waals surface area contributed by atoms with Crippen LogP contribution in [0.3, 0.4) is 0 Å². The monoisotopic (exact) mass is 394 g/mol. The SMILES string of the molecule is CCOC(=O)N1CCN(C(=O)c2cncc(N3CCCc4ccccc43)c2)CC1. The summed E-state index contributed by atoms with van der Waals surface area (Å²) in [5.74, 6) is -0.0480. The Bertz CT molecular complexity index is 893. The number of rotatable bonds is 3. The van der Waals surface area contributed by atoms with Crippen molar-refractivity contribution in [1.29, 1.82) is 0 Å². The van der Waals surface area contributed by atoms with E-state index in [0.717, 1.165) is 25.1 Å². The third-order valence-corrected chi connectivity index (χ3v) is 5.49. The number of pyridine rings is 1. The Kier molecular flexibility index (Phi) is 5.64. The molecular formula is C22H26N4O3. The number of amides is 2. The summed E-state index contributed by atoms with van der Waals surface area (Å²) in [7, 11) is 0. The third-order valence-electron chi connectivity index (χ3n) is 5.49. The number of para-hydroxylation sites is 1. The minimum atomic E-state index is -0.313. The molecule has 2 aromatic rings. The van der Waals surface area contributed by atoms with Crippen LogP contribution in [0.4, 0.5) is 16.2 Å². The highest BCUT2D eigenvalue weighted by Crippen LogP contribution is 2.33. The number of hydrogen-bond acceptors (Lipinski definition) is 5. The van der Waals surface area contributed by atoms with Gasteiger partial charge in [-0.3, -0.25) is 9.78 Å². The van der Waals surface area contributed by atoms with Crippen LogP contribution in [0, 0.1) is 0 Å². The molecule has 2 aliphatic rings. The molecule has 0 bridgehead atoms. The summed E-state index contributed by atoms with van der Waals surface area (Å²) in [4.78, 5) is 34.9. The lowest BCUT2D eigenvalue weighted by Crippen LogP contribution is -2.50. The first-order valence-corrected chi connectivity index (χ1v) is 10.2. The van der Waals surface area contributed by atoms with Gasteiger partial charge in [-0.2, -0.15) is 0 Å². The number of hydrogen-bond donors (Lipinski definition) is 0. The average molecular weight is 394 g/mol. The van der Waals surface area contributed by atoms with Crippen molar-refractivity contribution in [2.45, 2.75) is 19.8 Å². The highest BCUT2D eigenvalue weighted by Gasteiger charge is 2.26. The minimum absolute atomic E-state index is 0.0480. The normalized spacial score (nSPS) is 16.4. The van der Waals surface area contributed by atoms with Crippen LogP contribution < -0.4 is 4.90 Å². The van der Waals surface area contributed by atoms with Crippen molar-refractivity contribution < 1.29 is 14.3 Å². The molecule has 29 heavy (non-hydrogen) atoms. The zero-order chi connectivity index (χ0) is 20.2. The molecule has 0 spiro atoms. The van der Waals surface area contributed by atoms with E-state index in [1.54, 1.807) is 22.9 Å². The van der Waals surface area contributed by atoms with Gasteiger partial charge in [0.1, 0.15) is 0 Å². The van der Waals surface area contributed by atoms with Gasteiger partial charge in [0.25, 0.3) is 5.91 Å². The van der Waals surface area contributed by atoms with E-state index in [2.05, 4.69) is 28.1 Å². The van der Waals surface area contributed by atoms with E-state index in [1.165, 1.54) is 11.3 Å². The van der Waals surface area contributed by atoms with Gasteiger partial charge in [-0.05, 0) is 37.5 Å². The predicted molar refractivity (Wildman–Crippen MR) is 111 cm³/mol. The molecule has 1 fully saturated rings. The van der Waals surface area contributed by atoms with Gasteiger partial charge in [-0.25, -0.2) is 4.79 Å². The number of ether oxygens (including phenoxy) is 1. The number of benzene rings is 1. The fraction of sp³-hybridized carbons (Fsp3) is 0.409. The van der Waals surface area contributed by atoms with Crippen LogP contribution in [-0.2, 0) is 11.2 Å². The number of aryl methyl sites for hydroxylation is 1. The van der Waals surface area contributed by atoms with E-state index in [0.29, 0.717) is 38.3 Å². The number of anilines is 2. The maximum atomic E-state index is 13.0. The van der Waals surface area contributed by atoms with Gasteiger partial charge in [0.2, 0.25) is 0 Å². The maximum Gasteiger partial charge on any atom is 0.409 e. The fourth-order valence-electron chi connectivity index (χ4n) is 3.98. The van der Waals surface area contributed by atoms with Crippen molar-refractivity contribution >= 4 is 23.4 Å². The van der Waals surface area contributed by atoms with Gasteiger partial charge in [-0.1, -0.05) is 18.2 Å². The third kappa shape index (κ3) is 4.04. The van der Waals surface area contributed by atoms with Crippen molar-refractivity contribution in [2.75, 3.05) is 44.2 Å². The van der Waals surface area contributed by atoms with Crippen LogP contribution in [0.15, 0.2) is 42.7 Å². The molecule has 7 heteroatoms. The largest absolute Gasteiger partial charge is 0.450 e. The van der Waals surface area contributed by atoms with Gasteiger partial charge >= 0.3 is 6.09 Å². The Morgan fingerprint density at radius 3 is 2.59 bits per heavy atom. The van der Waals surface area contributed by atoms with Crippen molar-refractivity contribution in [2.24, 2.45) is 0 Å². The first-order valence-electron chi connectivity index (χ1n) is 10.2. The maximum absolute atomic E-state index is 13.0. The van der Waals surface area contributed by atoms with Crippen molar-refractivity contribution in [3.8, 4) is 0 Å². The molecule has 2 aliphatic heterocycles. The second-order valence-electron chi connectivity index (χ2n) is 7.29. The van der Waals surface area contributed by atoms with E-state index >= 15 is 0 Å². The zero-order valence-electron chi connectivity index (χ0n) is 16.7. The topological polar surface area (TPSA) is 66.0 Å². The Morgan fingerprint density at radius 2 is 1.79 bits per heavy atom. The molecule has 3 heterocycles. The Balaban J connectivity index is 1.47. The van der Waals surface area contributed by atoms with Crippen molar-refractivity contribution in [1.82, 2.24) is 14.8 Å². The molecule has 0 atom stereocenters. The summed E-state index contributed by atoms with van der Waals surface area (Å²) < 4.78 is 5.04. The van der Waals surface area contributed by atoms with Crippen LogP contribution in [0.1, 0.15) is 29.3 Å². The van der Waals surface area contributed by atoms with E-state index in [1.807, 2.05) is 18.3 Å². The summed E-state index contributed by atoms with van der Waals surface area (Å²) in [5, 5.41) is 0. The fourth-order valence-corrected chi connectivity index (χ4v) is 3.98. The van der Waals surface area contributed by atoms with Crippen LogP contribution in [0.25, 0.3) is 0 Å². The number of aromatic nitrogens is 1. The van der Waals surface area contributed by atoms with Crippen LogP contribution in [0.5, 0.6) is 0 Å². The molecular weight excluding hydrogens is 368 g/mol. The Hall–Kier alpha value is -3.09. The highest BCUT2D eigenvalue weighted by molar-refractivity contribution is 5.95. The van der Waals surface area contributed by atoms with E-state index in [9.17, 15) is 9.59 Å². The molecule has 0 radical (unpaired) electrons. The first kappa shape index (κ1) is 19.2. The summed E-state index contributed by atoms with van der Waals surface area (Å²) in [6.45, 7) is 5.01. The minimum Gasteiger partial charge on any atom is -0.450 e. The summed E-state index contributed by atoms with van der Waals surface area (Å²) >= 11 is 0. The lowest BCUT2D eigenvalue weighted by atomic mass is 10.0. The molecule has 0 aliphatic carbocycles. The van der Waals surface area contributed by atoms with Gasteiger partial charge in [0.15, 0.2) is 0 Å². The summed E-state index contributed by atoms with van der Waals surface area (Å²) in [6.07, 6.45) is 5.28. The van der Waals surface area contributed by atoms with Gasteiger partial charge < -0.3 is 19.4 Å². The molecule has 7 nitrogen and oxygen atoms in total. The van der Waals surface area contributed by atoms with E-state index < -0.39 is 0 Å². The van der Waals surface area contributed by atoms with Crippen molar-refractivity contribution in [3.05, 3.63) is 53.9 Å².